The molecule has 2 spiro atoms. The number of aromatic nitrogens is 2. The summed E-state index contributed by atoms with van der Waals surface area (Å²) in [6.07, 6.45) is 0. The van der Waals surface area contributed by atoms with Crippen molar-refractivity contribution in [1.29, 1.82) is 0 Å². The van der Waals surface area contributed by atoms with Crippen molar-refractivity contribution in [3.8, 4) is 50.5 Å². The second-order valence-electron chi connectivity index (χ2n) is 18.5. The summed E-state index contributed by atoms with van der Waals surface area (Å²) in [5, 5.41) is 4.83. The van der Waals surface area contributed by atoms with Crippen LogP contribution >= 0.6 is 0 Å². The van der Waals surface area contributed by atoms with E-state index in [-0.39, 0.29) is 0 Å². The van der Waals surface area contributed by atoms with Gasteiger partial charge < -0.3 is 0 Å². The molecular weight excluding hydrogens is 809 g/mol. The largest absolute Gasteiger partial charge is 0.293 e. The normalized spacial score (nSPS) is 14.2. The van der Waals surface area contributed by atoms with Crippen LogP contribution in [0, 0.1) is 0 Å². The Morgan fingerprint density at radius 3 is 1.37 bits per heavy atom. The predicted octanol–water partition coefficient (Wildman–Crippen LogP) is 15.7. The molecule has 0 atom stereocenters. The molecule has 0 unspecified atom stereocenters. The van der Waals surface area contributed by atoms with E-state index in [1.165, 1.54) is 93.8 Å². The molecule has 310 valence electrons. The number of pyridine rings is 1. The molecule has 0 N–H and O–H groups in total. The lowest BCUT2D eigenvalue weighted by molar-refractivity contribution is 0.633. The van der Waals surface area contributed by atoms with Crippen LogP contribution in [0.2, 0.25) is 0 Å². The van der Waals surface area contributed by atoms with Crippen LogP contribution in [0.25, 0.3) is 83.0 Å². The average Bonchev–Trinajstić information content (AvgIpc) is 4.00. The maximum atomic E-state index is 5.64. The lowest BCUT2D eigenvalue weighted by Crippen LogP contribution is -2.43. The molecule has 0 saturated carbocycles. The molecule has 0 saturated heterocycles. The van der Waals surface area contributed by atoms with E-state index in [2.05, 4.69) is 247 Å². The first-order chi connectivity index (χ1) is 33.2. The summed E-state index contributed by atoms with van der Waals surface area (Å²) in [4.78, 5) is 5.64. The van der Waals surface area contributed by atoms with E-state index in [1.54, 1.807) is 0 Å². The molecule has 0 radical (unpaired) electrons. The maximum absolute atomic E-state index is 5.64. The third-order valence-electron chi connectivity index (χ3n) is 15.5. The summed E-state index contributed by atoms with van der Waals surface area (Å²) in [6, 6.07) is 90.7. The quantitative estimate of drug-likeness (QED) is 0.173. The molecule has 12 aromatic rings. The predicted molar refractivity (Wildman–Crippen MR) is 275 cm³/mol. The highest BCUT2D eigenvalue weighted by atomic mass is 15.1. The summed E-state index contributed by atoms with van der Waals surface area (Å²) in [5.74, 6) is 0.892. The topological polar surface area (TPSA) is 17.8 Å². The van der Waals surface area contributed by atoms with Gasteiger partial charge in [0.05, 0.1) is 27.6 Å². The standard InChI is InChI=1S/C65H40N2/c1-3-19-41(20-4-1)44-37-60(43-22-5-2-6-23-43)66-62(38-44)67-61-40-59-50(39-51(61)49-36-35-42-21-7-8-24-45(42)63(49)67)48-27-11-14-30-54(48)65(59)57-33-17-15-31-55(57)64(56-32-16-18-34-58(56)65)52-28-12-9-25-46(52)47-26-10-13-29-53(47)64/h1-40H. The van der Waals surface area contributed by atoms with Crippen LogP contribution in [-0.2, 0) is 10.8 Å². The molecule has 15 rings (SSSR count). The Hall–Kier alpha value is -8.59. The highest BCUT2D eigenvalue weighted by Crippen LogP contribution is 2.67. The van der Waals surface area contributed by atoms with Crippen molar-refractivity contribution in [2.45, 2.75) is 10.8 Å². The highest BCUT2D eigenvalue weighted by Gasteiger charge is 2.59. The minimum absolute atomic E-state index is 0.503. The van der Waals surface area contributed by atoms with Crippen molar-refractivity contribution >= 4 is 32.6 Å². The van der Waals surface area contributed by atoms with Gasteiger partial charge in [0.1, 0.15) is 5.82 Å². The van der Waals surface area contributed by atoms with Gasteiger partial charge in [0, 0.05) is 21.7 Å². The average molecular weight is 849 g/mol. The molecule has 3 aliphatic carbocycles. The molecule has 67 heavy (non-hydrogen) atoms. The smallest absolute Gasteiger partial charge is 0.138 e. The number of rotatable bonds is 3. The molecule has 0 bridgehead atoms. The zero-order valence-electron chi connectivity index (χ0n) is 36.5. The van der Waals surface area contributed by atoms with Gasteiger partial charge in [0.25, 0.3) is 0 Å². The van der Waals surface area contributed by atoms with Gasteiger partial charge in [-0.3, -0.25) is 4.57 Å². The maximum Gasteiger partial charge on any atom is 0.138 e. The number of nitrogens with zero attached hydrogens (tertiary/aromatic N) is 2. The molecule has 10 aromatic carbocycles. The first-order valence-electron chi connectivity index (χ1n) is 23.4. The molecular formula is C65H40N2. The van der Waals surface area contributed by atoms with Crippen LogP contribution < -0.4 is 0 Å². The van der Waals surface area contributed by atoms with Crippen LogP contribution in [0.1, 0.15) is 44.5 Å². The van der Waals surface area contributed by atoms with Gasteiger partial charge in [-0.05, 0) is 108 Å². The van der Waals surface area contributed by atoms with Crippen molar-refractivity contribution in [2.75, 3.05) is 0 Å². The monoisotopic (exact) mass is 848 g/mol. The Morgan fingerprint density at radius 2 is 0.776 bits per heavy atom. The first-order valence-corrected chi connectivity index (χ1v) is 23.4. The van der Waals surface area contributed by atoms with E-state index < -0.39 is 10.8 Å². The van der Waals surface area contributed by atoms with Gasteiger partial charge in [-0.15, -0.1) is 0 Å². The van der Waals surface area contributed by atoms with Gasteiger partial charge in [-0.1, -0.05) is 218 Å². The number of fused-ring (bicyclic) bond motifs is 21. The van der Waals surface area contributed by atoms with Crippen molar-refractivity contribution in [3.05, 3.63) is 287 Å². The van der Waals surface area contributed by atoms with Crippen LogP contribution in [0.15, 0.2) is 243 Å². The molecule has 2 heteroatoms. The number of hydrogen-bond acceptors (Lipinski definition) is 1. The van der Waals surface area contributed by atoms with E-state index in [0.717, 1.165) is 33.7 Å². The Morgan fingerprint density at radius 1 is 0.299 bits per heavy atom. The van der Waals surface area contributed by atoms with E-state index in [1.807, 2.05) is 0 Å². The van der Waals surface area contributed by atoms with Crippen LogP contribution in [-0.4, -0.2) is 9.55 Å². The third-order valence-corrected chi connectivity index (χ3v) is 15.5. The van der Waals surface area contributed by atoms with Crippen LogP contribution in [0.4, 0.5) is 0 Å². The molecule has 2 aromatic heterocycles. The minimum Gasteiger partial charge on any atom is -0.293 e. The second-order valence-corrected chi connectivity index (χ2v) is 18.5. The molecule has 0 amide bonds. The Kier molecular flexibility index (Phi) is 7.39. The third kappa shape index (κ3) is 4.66. The van der Waals surface area contributed by atoms with Gasteiger partial charge >= 0.3 is 0 Å². The summed E-state index contributed by atoms with van der Waals surface area (Å²) >= 11 is 0. The lowest BCUT2D eigenvalue weighted by atomic mass is 9.52. The fraction of sp³-hybridized carbons (Fsp3) is 0.0308. The highest BCUT2D eigenvalue weighted by molar-refractivity contribution is 6.20. The number of benzene rings is 10. The zero-order chi connectivity index (χ0) is 43.8. The number of hydrogen-bond donors (Lipinski definition) is 0. The summed E-state index contributed by atoms with van der Waals surface area (Å²) in [5.41, 5.74) is 21.3. The van der Waals surface area contributed by atoms with Gasteiger partial charge in [0.15, 0.2) is 0 Å². The van der Waals surface area contributed by atoms with Crippen molar-refractivity contribution < 1.29 is 0 Å². The lowest BCUT2D eigenvalue weighted by Gasteiger charge is -2.48. The van der Waals surface area contributed by atoms with Gasteiger partial charge in [-0.25, -0.2) is 4.98 Å². The van der Waals surface area contributed by atoms with Crippen LogP contribution in [0.5, 0.6) is 0 Å². The zero-order valence-corrected chi connectivity index (χ0v) is 36.5. The molecule has 3 aliphatic rings. The summed E-state index contributed by atoms with van der Waals surface area (Å²) in [6.45, 7) is 0. The Bertz CT molecular complexity index is 3890. The van der Waals surface area contributed by atoms with Gasteiger partial charge in [0.2, 0.25) is 0 Å². The van der Waals surface area contributed by atoms with E-state index >= 15 is 0 Å². The molecule has 0 aliphatic heterocycles. The molecule has 2 nitrogen and oxygen atoms in total. The van der Waals surface area contributed by atoms with Crippen LogP contribution in [0.3, 0.4) is 0 Å². The second kappa shape index (κ2) is 13.5. The fourth-order valence-electron chi connectivity index (χ4n) is 12.9. The van der Waals surface area contributed by atoms with Crippen molar-refractivity contribution in [3.63, 3.8) is 0 Å². The Labute approximate surface area is 388 Å². The van der Waals surface area contributed by atoms with E-state index in [9.17, 15) is 0 Å². The summed E-state index contributed by atoms with van der Waals surface area (Å²) in [7, 11) is 0. The van der Waals surface area contributed by atoms with Crippen molar-refractivity contribution in [2.24, 2.45) is 0 Å². The molecule has 0 fully saturated rings. The fourth-order valence-corrected chi connectivity index (χ4v) is 12.9. The van der Waals surface area contributed by atoms with Gasteiger partial charge in [-0.2, -0.15) is 0 Å². The minimum atomic E-state index is -0.622. The first kappa shape index (κ1) is 36.7. The van der Waals surface area contributed by atoms with E-state index in [0.29, 0.717) is 0 Å². The molecule has 2 heterocycles. The summed E-state index contributed by atoms with van der Waals surface area (Å²) < 4.78 is 2.48. The van der Waals surface area contributed by atoms with Crippen molar-refractivity contribution in [1.82, 2.24) is 9.55 Å². The SMILES string of the molecule is c1ccc(-c2cc(-c3ccccc3)nc(-n3c4cc5c(cc4c4ccc6ccccc6c43)-c3ccccc3C53c4ccccc4C4(c5ccccc5-c5ccccc54)c4ccccc43)c2)cc1. The van der Waals surface area contributed by atoms with E-state index in [4.69, 9.17) is 4.98 Å². The Balaban J connectivity index is 1.10.